The largest absolute Gasteiger partial charge is 0.490 e. The first-order chi connectivity index (χ1) is 12.6. The Balaban J connectivity index is 2.03. The van der Waals surface area contributed by atoms with Crippen LogP contribution in [0.2, 0.25) is 0 Å². The quantitative estimate of drug-likeness (QED) is 0.671. The third kappa shape index (κ3) is 4.99. The Labute approximate surface area is 152 Å². The summed E-state index contributed by atoms with van der Waals surface area (Å²) in [6.07, 6.45) is 0. The third-order valence-electron chi connectivity index (χ3n) is 3.52. The molecule has 0 fully saturated rings. The van der Waals surface area contributed by atoms with E-state index in [1.54, 1.807) is 42.5 Å². The summed E-state index contributed by atoms with van der Waals surface area (Å²) in [5.41, 5.74) is 1.58. The molecule has 0 aliphatic heterocycles. The van der Waals surface area contributed by atoms with Gasteiger partial charge in [0.15, 0.2) is 11.5 Å². The van der Waals surface area contributed by atoms with Gasteiger partial charge in [-0.15, -0.1) is 0 Å². The number of benzene rings is 2. The number of hydrogen-bond acceptors (Lipinski definition) is 6. The number of carbonyl (C=O) groups is 2. The average Bonchev–Trinajstić information content (AvgIpc) is 2.67. The predicted octanol–water partition coefficient (Wildman–Crippen LogP) is 3.63. The molecular weight excluding hydrogens is 336 g/mol. The van der Waals surface area contributed by atoms with Gasteiger partial charge in [0.25, 0.3) is 0 Å². The van der Waals surface area contributed by atoms with Gasteiger partial charge in [-0.2, -0.15) is 0 Å². The van der Waals surface area contributed by atoms with Crippen molar-refractivity contribution in [1.29, 1.82) is 0 Å². The van der Waals surface area contributed by atoms with Crippen LogP contribution in [-0.4, -0.2) is 32.3 Å². The van der Waals surface area contributed by atoms with E-state index in [-0.39, 0.29) is 6.61 Å². The molecule has 6 nitrogen and oxygen atoms in total. The molecule has 0 saturated heterocycles. The number of carbonyl (C=O) groups excluding carboxylic acids is 2. The molecular formula is C20H22O6. The first kappa shape index (κ1) is 19.3. The van der Waals surface area contributed by atoms with E-state index in [1.807, 2.05) is 13.8 Å². The van der Waals surface area contributed by atoms with Crippen LogP contribution in [-0.2, 0) is 16.1 Å². The molecule has 0 radical (unpaired) electrons. The minimum Gasteiger partial charge on any atom is -0.490 e. The van der Waals surface area contributed by atoms with Crippen LogP contribution in [0.5, 0.6) is 11.5 Å². The minimum absolute atomic E-state index is 0.0947. The van der Waals surface area contributed by atoms with E-state index >= 15 is 0 Å². The lowest BCUT2D eigenvalue weighted by molar-refractivity contribution is 0.0471. The Morgan fingerprint density at radius 2 is 1.42 bits per heavy atom. The molecule has 6 heteroatoms. The van der Waals surface area contributed by atoms with E-state index in [9.17, 15) is 9.59 Å². The highest BCUT2D eigenvalue weighted by atomic mass is 16.5. The van der Waals surface area contributed by atoms with E-state index in [1.165, 1.54) is 7.11 Å². The first-order valence-electron chi connectivity index (χ1n) is 8.33. The fourth-order valence-electron chi connectivity index (χ4n) is 2.27. The van der Waals surface area contributed by atoms with E-state index < -0.39 is 11.9 Å². The van der Waals surface area contributed by atoms with E-state index in [0.717, 1.165) is 5.56 Å². The highest BCUT2D eigenvalue weighted by Gasteiger charge is 2.13. The summed E-state index contributed by atoms with van der Waals surface area (Å²) in [6.45, 7) is 4.80. The van der Waals surface area contributed by atoms with Gasteiger partial charge in [0, 0.05) is 0 Å². The van der Waals surface area contributed by atoms with Crippen LogP contribution in [0.25, 0.3) is 0 Å². The molecule has 0 unspecified atom stereocenters. The monoisotopic (exact) mass is 358 g/mol. The zero-order valence-corrected chi connectivity index (χ0v) is 15.1. The highest BCUT2D eigenvalue weighted by molar-refractivity contribution is 5.90. The van der Waals surface area contributed by atoms with Crippen molar-refractivity contribution in [2.75, 3.05) is 20.3 Å². The van der Waals surface area contributed by atoms with Gasteiger partial charge in [0.1, 0.15) is 6.61 Å². The van der Waals surface area contributed by atoms with Gasteiger partial charge in [-0.1, -0.05) is 12.1 Å². The van der Waals surface area contributed by atoms with Crippen molar-refractivity contribution < 1.29 is 28.5 Å². The summed E-state index contributed by atoms with van der Waals surface area (Å²) < 4.78 is 21.0. The molecule has 2 rings (SSSR count). The van der Waals surface area contributed by atoms with Gasteiger partial charge < -0.3 is 18.9 Å². The molecule has 0 atom stereocenters. The Morgan fingerprint density at radius 3 is 2.04 bits per heavy atom. The molecule has 0 aliphatic carbocycles. The Hall–Kier alpha value is -3.02. The second-order valence-electron chi connectivity index (χ2n) is 5.29. The summed E-state index contributed by atoms with van der Waals surface area (Å²) in [5.74, 6) is 0.216. The summed E-state index contributed by atoms with van der Waals surface area (Å²) in [6, 6.07) is 11.6. The van der Waals surface area contributed by atoms with Gasteiger partial charge >= 0.3 is 11.9 Å². The van der Waals surface area contributed by atoms with Crippen LogP contribution >= 0.6 is 0 Å². The lowest BCUT2D eigenvalue weighted by atomic mass is 10.1. The smallest absolute Gasteiger partial charge is 0.338 e. The normalized spacial score (nSPS) is 10.1. The number of ether oxygens (including phenoxy) is 4. The number of methoxy groups -OCH3 is 1. The van der Waals surface area contributed by atoms with Gasteiger partial charge in [-0.3, -0.25) is 0 Å². The topological polar surface area (TPSA) is 71.1 Å². The maximum Gasteiger partial charge on any atom is 0.338 e. The molecule has 2 aromatic carbocycles. The Bertz CT molecular complexity index is 751. The summed E-state index contributed by atoms with van der Waals surface area (Å²) in [5, 5.41) is 0. The Kier molecular flexibility index (Phi) is 7.02. The van der Waals surface area contributed by atoms with Crippen LogP contribution < -0.4 is 9.47 Å². The summed E-state index contributed by atoms with van der Waals surface area (Å²) >= 11 is 0. The lowest BCUT2D eigenvalue weighted by Crippen LogP contribution is -2.07. The van der Waals surface area contributed by atoms with E-state index in [0.29, 0.717) is 35.8 Å². The molecule has 0 aliphatic rings. The van der Waals surface area contributed by atoms with Crippen LogP contribution in [0.1, 0.15) is 40.1 Å². The number of hydrogen-bond donors (Lipinski definition) is 0. The SMILES string of the molecule is CCOc1ccc(C(=O)OCc2ccc(C(=O)OC)cc2)cc1OCC. The standard InChI is InChI=1S/C20H22O6/c1-4-24-17-11-10-16(12-18(17)25-5-2)20(22)26-13-14-6-8-15(9-7-14)19(21)23-3/h6-12H,4-5,13H2,1-3H3. The van der Waals surface area contributed by atoms with Crippen molar-refractivity contribution in [3.05, 3.63) is 59.2 Å². The molecule has 0 spiro atoms. The fraction of sp³-hybridized carbons (Fsp3) is 0.300. The van der Waals surface area contributed by atoms with Gasteiger partial charge in [-0.25, -0.2) is 9.59 Å². The van der Waals surface area contributed by atoms with Crippen molar-refractivity contribution in [3.8, 4) is 11.5 Å². The lowest BCUT2D eigenvalue weighted by Gasteiger charge is -2.12. The highest BCUT2D eigenvalue weighted by Crippen LogP contribution is 2.29. The van der Waals surface area contributed by atoms with Crippen molar-refractivity contribution >= 4 is 11.9 Å². The summed E-state index contributed by atoms with van der Waals surface area (Å²) in [4.78, 5) is 23.7. The second-order valence-corrected chi connectivity index (χ2v) is 5.29. The third-order valence-corrected chi connectivity index (χ3v) is 3.52. The fourth-order valence-corrected chi connectivity index (χ4v) is 2.27. The molecule has 0 amide bonds. The van der Waals surface area contributed by atoms with Crippen molar-refractivity contribution in [3.63, 3.8) is 0 Å². The first-order valence-corrected chi connectivity index (χ1v) is 8.33. The number of rotatable bonds is 8. The van der Waals surface area contributed by atoms with Crippen LogP contribution in [0.4, 0.5) is 0 Å². The van der Waals surface area contributed by atoms with Crippen molar-refractivity contribution in [2.24, 2.45) is 0 Å². The molecule has 138 valence electrons. The molecule has 26 heavy (non-hydrogen) atoms. The number of esters is 2. The van der Waals surface area contributed by atoms with E-state index in [4.69, 9.17) is 14.2 Å². The Morgan fingerprint density at radius 1 is 0.808 bits per heavy atom. The van der Waals surface area contributed by atoms with Crippen LogP contribution in [0.15, 0.2) is 42.5 Å². The van der Waals surface area contributed by atoms with Crippen molar-refractivity contribution in [1.82, 2.24) is 0 Å². The van der Waals surface area contributed by atoms with E-state index in [2.05, 4.69) is 4.74 Å². The van der Waals surface area contributed by atoms with Gasteiger partial charge in [0.2, 0.25) is 0 Å². The maximum absolute atomic E-state index is 12.3. The minimum atomic E-state index is -0.467. The molecule has 0 saturated carbocycles. The molecule has 0 bridgehead atoms. The average molecular weight is 358 g/mol. The van der Waals surface area contributed by atoms with Gasteiger partial charge in [-0.05, 0) is 49.7 Å². The zero-order chi connectivity index (χ0) is 18.9. The van der Waals surface area contributed by atoms with Crippen molar-refractivity contribution in [2.45, 2.75) is 20.5 Å². The molecule has 0 aromatic heterocycles. The van der Waals surface area contributed by atoms with Gasteiger partial charge in [0.05, 0.1) is 31.5 Å². The van der Waals surface area contributed by atoms with Crippen LogP contribution in [0, 0.1) is 0 Å². The zero-order valence-electron chi connectivity index (χ0n) is 15.1. The predicted molar refractivity (Wildman–Crippen MR) is 95.7 cm³/mol. The summed E-state index contributed by atoms with van der Waals surface area (Å²) in [7, 11) is 1.32. The second kappa shape index (κ2) is 9.46. The molecule has 2 aromatic rings. The maximum atomic E-state index is 12.3. The van der Waals surface area contributed by atoms with Crippen LogP contribution in [0.3, 0.4) is 0 Å². The molecule has 0 N–H and O–H groups in total. The molecule has 0 heterocycles.